The van der Waals surface area contributed by atoms with Crippen molar-refractivity contribution in [3.05, 3.63) is 41.5 Å². The van der Waals surface area contributed by atoms with Gasteiger partial charge >= 0.3 is 11.9 Å². The van der Waals surface area contributed by atoms with E-state index in [1.54, 1.807) is 38.1 Å². The van der Waals surface area contributed by atoms with Crippen LogP contribution in [-0.2, 0) is 9.59 Å². The third-order valence-electron chi connectivity index (χ3n) is 2.66. The maximum absolute atomic E-state index is 11.3. The second-order valence-corrected chi connectivity index (χ2v) is 4.73. The van der Waals surface area contributed by atoms with E-state index in [0.717, 1.165) is 5.56 Å². The summed E-state index contributed by atoms with van der Waals surface area (Å²) in [5, 5.41) is 18.0. The van der Waals surface area contributed by atoms with E-state index in [-0.39, 0.29) is 12.0 Å². The van der Waals surface area contributed by atoms with E-state index < -0.39 is 17.4 Å². The van der Waals surface area contributed by atoms with E-state index in [2.05, 4.69) is 0 Å². The molecular formula is C14H16O4. The summed E-state index contributed by atoms with van der Waals surface area (Å²) in [5.41, 5.74) is -0.0856. The van der Waals surface area contributed by atoms with Gasteiger partial charge in [-0.1, -0.05) is 44.2 Å². The summed E-state index contributed by atoms with van der Waals surface area (Å²) in [6.45, 7) is 3.23. The average Bonchev–Trinajstić information content (AvgIpc) is 2.25. The van der Waals surface area contributed by atoms with E-state index in [9.17, 15) is 14.7 Å². The Bertz CT molecular complexity index is 472. The van der Waals surface area contributed by atoms with E-state index in [4.69, 9.17) is 5.11 Å². The molecule has 0 atom stereocenters. The number of carboxylic acid groups (broad SMARTS) is 2. The van der Waals surface area contributed by atoms with Crippen LogP contribution in [0.3, 0.4) is 0 Å². The average molecular weight is 248 g/mol. The summed E-state index contributed by atoms with van der Waals surface area (Å²) < 4.78 is 0. The van der Waals surface area contributed by atoms with Gasteiger partial charge in [-0.25, -0.2) is 4.79 Å². The van der Waals surface area contributed by atoms with Crippen molar-refractivity contribution in [2.24, 2.45) is 5.41 Å². The van der Waals surface area contributed by atoms with Gasteiger partial charge in [0.15, 0.2) is 0 Å². The van der Waals surface area contributed by atoms with Crippen LogP contribution in [0.5, 0.6) is 0 Å². The topological polar surface area (TPSA) is 74.6 Å². The number of aliphatic carboxylic acids is 2. The Morgan fingerprint density at radius 1 is 1.17 bits per heavy atom. The van der Waals surface area contributed by atoms with Gasteiger partial charge in [0.25, 0.3) is 0 Å². The molecule has 0 saturated carbocycles. The molecule has 0 amide bonds. The lowest BCUT2D eigenvalue weighted by Crippen LogP contribution is -2.24. The largest absolute Gasteiger partial charge is 0.481 e. The maximum Gasteiger partial charge on any atom is 0.332 e. The van der Waals surface area contributed by atoms with E-state index in [1.807, 2.05) is 6.07 Å². The van der Waals surface area contributed by atoms with Gasteiger partial charge in [0.05, 0.1) is 6.42 Å². The molecule has 1 aromatic carbocycles. The van der Waals surface area contributed by atoms with Gasteiger partial charge in [0.2, 0.25) is 0 Å². The molecule has 4 heteroatoms. The summed E-state index contributed by atoms with van der Waals surface area (Å²) >= 11 is 0. The van der Waals surface area contributed by atoms with Crippen molar-refractivity contribution in [1.82, 2.24) is 0 Å². The maximum atomic E-state index is 11.3. The molecule has 18 heavy (non-hydrogen) atoms. The minimum Gasteiger partial charge on any atom is -0.481 e. The number of carbonyl (C=O) groups is 2. The van der Waals surface area contributed by atoms with Crippen LogP contribution in [0.2, 0.25) is 0 Å². The van der Waals surface area contributed by atoms with Crippen molar-refractivity contribution in [2.75, 3.05) is 0 Å². The number of hydrogen-bond acceptors (Lipinski definition) is 2. The third kappa shape index (κ3) is 3.73. The fraction of sp³-hybridized carbons (Fsp3) is 0.286. The molecule has 0 aliphatic rings. The molecule has 0 aromatic heterocycles. The molecule has 0 unspecified atom stereocenters. The molecule has 0 fully saturated rings. The quantitative estimate of drug-likeness (QED) is 0.785. The molecule has 1 aromatic rings. The highest BCUT2D eigenvalue weighted by Crippen LogP contribution is 2.32. The van der Waals surface area contributed by atoms with Crippen LogP contribution in [0, 0.1) is 5.41 Å². The highest BCUT2D eigenvalue weighted by atomic mass is 16.4. The SMILES string of the molecule is CC(C)(CC(=O)O)/C(=C/c1ccccc1)C(=O)O. The van der Waals surface area contributed by atoms with Crippen LogP contribution in [0.15, 0.2) is 35.9 Å². The lowest BCUT2D eigenvalue weighted by atomic mass is 9.80. The number of benzene rings is 1. The van der Waals surface area contributed by atoms with Crippen LogP contribution in [0.25, 0.3) is 6.08 Å². The fourth-order valence-corrected chi connectivity index (χ4v) is 1.74. The minimum atomic E-state index is -1.09. The molecular weight excluding hydrogens is 232 g/mol. The van der Waals surface area contributed by atoms with Crippen molar-refractivity contribution >= 4 is 18.0 Å². The van der Waals surface area contributed by atoms with Crippen molar-refractivity contribution in [1.29, 1.82) is 0 Å². The standard InChI is InChI=1S/C14H16O4/c1-14(2,9-12(15)16)11(13(17)18)8-10-6-4-3-5-7-10/h3-8H,9H2,1-2H3,(H,15,16)(H,17,18)/b11-8+. The van der Waals surface area contributed by atoms with Crippen LogP contribution < -0.4 is 0 Å². The summed E-state index contributed by atoms with van der Waals surface area (Å²) in [6, 6.07) is 8.99. The Labute approximate surface area is 106 Å². The zero-order valence-electron chi connectivity index (χ0n) is 10.4. The summed E-state index contributed by atoms with van der Waals surface area (Å²) in [4.78, 5) is 22.0. The zero-order chi connectivity index (χ0) is 13.8. The number of carboxylic acids is 2. The molecule has 0 saturated heterocycles. The monoisotopic (exact) mass is 248 g/mol. The Morgan fingerprint density at radius 2 is 1.72 bits per heavy atom. The molecule has 0 heterocycles. The first-order chi connectivity index (χ1) is 8.33. The van der Waals surface area contributed by atoms with E-state index >= 15 is 0 Å². The van der Waals surface area contributed by atoms with E-state index in [0.29, 0.717) is 0 Å². The summed E-state index contributed by atoms with van der Waals surface area (Å²) in [6.07, 6.45) is 1.29. The molecule has 0 aliphatic heterocycles. The summed E-state index contributed by atoms with van der Waals surface area (Å²) in [7, 11) is 0. The molecule has 0 aliphatic carbocycles. The predicted octanol–water partition coefficient (Wildman–Crippen LogP) is 2.66. The van der Waals surface area contributed by atoms with Gasteiger partial charge < -0.3 is 10.2 Å². The van der Waals surface area contributed by atoms with Crippen LogP contribution >= 0.6 is 0 Å². The molecule has 0 bridgehead atoms. The first-order valence-corrected chi connectivity index (χ1v) is 5.55. The van der Waals surface area contributed by atoms with Crippen LogP contribution in [0.1, 0.15) is 25.8 Å². The van der Waals surface area contributed by atoms with Gasteiger partial charge in [-0.3, -0.25) is 4.79 Å². The number of hydrogen-bond donors (Lipinski definition) is 2. The minimum absolute atomic E-state index is 0.0936. The smallest absolute Gasteiger partial charge is 0.332 e. The van der Waals surface area contributed by atoms with Gasteiger partial charge in [-0.15, -0.1) is 0 Å². The first kappa shape index (κ1) is 14.0. The van der Waals surface area contributed by atoms with Crippen molar-refractivity contribution in [2.45, 2.75) is 20.3 Å². The second-order valence-electron chi connectivity index (χ2n) is 4.73. The third-order valence-corrected chi connectivity index (χ3v) is 2.66. The van der Waals surface area contributed by atoms with Crippen molar-refractivity contribution in [3.63, 3.8) is 0 Å². The van der Waals surface area contributed by atoms with Crippen LogP contribution in [0.4, 0.5) is 0 Å². The van der Waals surface area contributed by atoms with Gasteiger partial charge in [-0.05, 0) is 11.6 Å². The molecule has 0 radical (unpaired) electrons. The van der Waals surface area contributed by atoms with Gasteiger partial charge in [0, 0.05) is 11.0 Å². The van der Waals surface area contributed by atoms with Gasteiger partial charge in [0.1, 0.15) is 0 Å². The fourth-order valence-electron chi connectivity index (χ4n) is 1.74. The van der Waals surface area contributed by atoms with E-state index in [1.165, 1.54) is 6.08 Å². The van der Waals surface area contributed by atoms with Gasteiger partial charge in [-0.2, -0.15) is 0 Å². The normalized spacial score (nSPS) is 12.2. The second kappa shape index (κ2) is 5.49. The Hall–Kier alpha value is -2.10. The lowest BCUT2D eigenvalue weighted by molar-refractivity contribution is -0.139. The van der Waals surface area contributed by atoms with Crippen LogP contribution in [-0.4, -0.2) is 22.2 Å². The lowest BCUT2D eigenvalue weighted by Gasteiger charge is -2.23. The Balaban J connectivity index is 3.14. The molecule has 4 nitrogen and oxygen atoms in total. The molecule has 2 N–H and O–H groups in total. The molecule has 96 valence electrons. The predicted molar refractivity (Wildman–Crippen MR) is 68.1 cm³/mol. The Kier molecular flexibility index (Phi) is 4.26. The zero-order valence-corrected chi connectivity index (χ0v) is 10.4. The Morgan fingerprint density at radius 3 is 2.17 bits per heavy atom. The highest BCUT2D eigenvalue weighted by Gasteiger charge is 2.31. The number of rotatable bonds is 5. The molecule has 1 rings (SSSR count). The highest BCUT2D eigenvalue weighted by molar-refractivity contribution is 5.94. The molecule has 0 spiro atoms. The first-order valence-electron chi connectivity index (χ1n) is 5.55. The summed E-state index contributed by atoms with van der Waals surface area (Å²) in [5.74, 6) is -2.11. The van der Waals surface area contributed by atoms with Crippen molar-refractivity contribution in [3.8, 4) is 0 Å². The van der Waals surface area contributed by atoms with Crippen molar-refractivity contribution < 1.29 is 19.8 Å².